The molecule has 2 rings (SSSR count). The molecule has 0 N–H and O–H groups in total. The number of hydrogen-bond donors (Lipinski definition) is 0. The van der Waals surface area contributed by atoms with Crippen LogP contribution in [0.2, 0.25) is 0 Å². The summed E-state index contributed by atoms with van der Waals surface area (Å²) in [6.07, 6.45) is -3.40. The lowest BCUT2D eigenvalue weighted by Gasteiger charge is -2.19. The third-order valence-electron chi connectivity index (χ3n) is 3.09. The number of aromatic nitrogens is 1. The van der Waals surface area contributed by atoms with Gasteiger partial charge in [0, 0.05) is 25.9 Å². The van der Waals surface area contributed by atoms with Gasteiger partial charge in [-0.2, -0.15) is 13.2 Å². The highest BCUT2D eigenvalue weighted by molar-refractivity contribution is 5.93. The van der Waals surface area contributed by atoms with Crippen LogP contribution in [0.5, 0.6) is 0 Å². The van der Waals surface area contributed by atoms with Gasteiger partial charge in [0.25, 0.3) is 5.91 Å². The summed E-state index contributed by atoms with van der Waals surface area (Å²) in [5.74, 6) is -0.497. The van der Waals surface area contributed by atoms with Crippen molar-refractivity contribution in [3.8, 4) is 0 Å². The number of rotatable bonds is 1. The highest BCUT2D eigenvalue weighted by Gasteiger charge is 2.33. The number of likely N-dealkylation sites (tertiary alicyclic amines) is 1. The topological polar surface area (TPSA) is 50.3 Å². The quantitative estimate of drug-likeness (QED) is 0.796. The van der Waals surface area contributed by atoms with E-state index < -0.39 is 17.8 Å². The van der Waals surface area contributed by atoms with Gasteiger partial charge in [-0.25, -0.2) is 4.98 Å². The van der Waals surface area contributed by atoms with Crippen LogP contribution in [0.3, 0.4) is 0 Å². The molecule has 0 atom stereocenters. The van der Waals surface area contributed by atoms with Gasteiger partial charge in [0.05, 0.1) is 0 Å². The first-order chi connectivity index (χ1) is 9.38. The molecule has 0 saturated carbocycles. The molecule has 0 unspecified atom stereocenters. The van der Waals surface area contributed by atoms with Crippen molar-refractivity contribution >= 4 is 11.7 Å². The van der Waals surface area contributed by atoms with Crippen LogP contribution in [0, 0.1) is 0 Å². The van der Waals surface area contributed by atoms with E-state index in [0.29, 0.717) is 19.4 Å². The third kappa shape index (κ3) is 3.34. The number of hydrogen-bond acceptors (Lipinski definition) is 3. The molecule has 0 aromatic carbocycles. The Morgan fingerprint density at radius 2 is 1.95 bits per heavy atom. The predicted octanol–water partition coefficient (Wildman–Crippen LogP) is 2.30. The fourth-order valence-corrected chi connectivity index (χ4v) is 2.04. The lowest BCUT2D eigenvalue weighted by Crippen LogP contribution is -2.33. The number of halogens is 3. The van der Waals surface area contributed by atoms with Crippen molar-refractivity contribution in [2.75, 3.05) is 13.1 Å². The van der Waals surface area contributed by atoms with Crippen LogP contribution in [-0.4, -0.2) is 34.7 Å². The molecule has 20 heavy (non-hydrogen) atoms. The van der Waals surface area contributed by atoms with Crippen molar-refractivity contribution in [3.05, 3.63) is 29.6 Å². The fraction of sp³-hybridized carbons (Fsp3) is 0.462. The Labute approximate surface area is 113 Å². The summed E-state index contributed by atoms with van der Waals surface area (Å²) >= 11 is 0. The lowest BCUT2D eigenvalue weighted by atomic mass is 10.2. The summed E-state index contributed by atoms with van der Waals surface area (Å²) in [6.45, 7) is 0.595. The molecule has 1 aliphatic heterocycles. The minimum atomic E-state index is -4.58. The van der Waals surface area contributed by atoms with Crippen molar-refractivity contribution in [1.82, 2.24) is 9.88 Å². The second-order valence-electron chi connectivity index (χ2n) is 4.59. The maximum Gasteiger partial charge on any atom is 0.433 e. The maximum atomic E-state index is 12.6. The van der Waals surface area contributed by atoms with Crippen molar-refractivity contribution in [3.63, 3.8) is 0 Å². The second kappa shape index (κ2) is 5.60. The Balaban J connectivity index is 2.18. The van der Waals surface area contributed by atoms with Crippen LogP contribution in [0.25, 0.3) is 0 Å². The molecule has 1 aliphatic rings. The zero-order valence-electron chi connectivity index (χ0n) is 10.6. The van der Waals surface area contributed by atoms with Crippen molar-refractivity contribution in [2.45, 2.75) is 25.4 Å². The number of carbonyl (C=O) groups is 2. The van der Waals surface area contributed by atoms with E-state index in [1.165, 1.54) is 11.0 Å². The minimum Gasteiger partial charge on any atom is -0.337 e. The van der Waals surface area contributed by atoms with Crippen LogP contribution in [0.1, 0.15) is 35.4 Å². The van der Waals surface area contributed by atoms with Crippen LogP contribution in [0.15, 0.2) is 18.2 Å². The second-order valence-corrected chi connectivity index (χ2v) is 4.59. The van der Waals surface area contributed by atoms with Gasteiger partial charge in [-0.15, -0.1) is 0 Å². The lowest BCUT2D eigenvalue weighted by molar-refractivity contribution is -0.141. The van der Waals surface area contributed by atoms with E-state index in [2.05, 4.69) is 4.98 Å². The van der Waals surface area contributed by atoms with Crippen LogP contribution < -0.4 is 0 Å². The normalized spacial score (nSPS) is 16.9. The molecular formula is C13H13F3N2O2. The number of alkyl halides is 3. The van der Waals surface area contributed by atoms with Gasteiger partial charge in [0.1, 0.15) is 17.2 Å². The summed E-state index contributed by atoms with van der Waals surface area (Å²) in [4.78, 5) is 28.1. The molecule has 1 aromatic rings. The third-order valence-corrected chi connectivity index (χ3v) is 3.09. The smallest absolute Gasteiger partial charge is 0.337 e. The van der Waals surface area contributed by atoms with E-state index in [9.17, 15) is 22.8 Å². The summed E-state index contributed by atoms with van der Waals surface area (Å²) in [5, 5.41) is 0. The first-order valence-corrected chi connectivity index (χ1v) is 6.23. The molecule has 0 radical (unpaired) electrons. The molecule has 1 amide bonds. The van der Waals surface area contributed by atoms with Crippen molar-refractivity contribution in [1.29, 1.82) is 0 Å². The zero-order chi connectivity index (χ0) is 14.8. The summed E-state index contributed by atoms with van der Waals surface area (Å²) < 4.78 is 37.7. The number of nitrogens with zero attached hydrogens (tertiary/aromatic N) is 2. The number of pyridine rings is 1. The zero-order valence-corrected chi connectivity index (χ0v) is 10.6. The first-order valence-electron chi connectivity index (χ1n) is 6.23. The Bertz CT molecular complexity index is 529. The van der Waals surface area contributed by atoms with E-state index in [1.54, 1.807) is 0 Å². The standard InChI is InChI=1S/C13H13F3N2O2/c14-13(15,16)11-5-1-4-10(17-11)12(20)18-7-2-3-9(19)6-8-18/h1,4-5H,2-3,6-8H2. The molecule has 0 spiro atoms. The van der Waals surface area contributed by atoms with Crippen LogP contribution in [-0.2, 0) is 11.0 Å². The van der Waals surface area contributed by atoms with Crippen molar-refractivity contribution in [2.24, 2.45) is 0 Å². The van der Waals surface area contributed by atoms with Gasteiger partial charge < -0.3 is 4.90 Å². The number of carbonyl (C=O) groups excluding carboxylic acids is 2. The molecule has 1 fully saturated rings. The molecule has 108 valence electrons. The monoisotopic (exact) mass is 286 g/mol. The summed E-state index contributed by atoms with van der Waals surface area (Å²) in [5.41, 5.74) is -1.33. The number of Topliss-reactive ketones (excluding diaryl/α,β-unsaturated/α-hetero) is 1. The van der Waals surface area contributed by atoms with Gasteiger partial charge in [-0.1, -0.05) is 6.07 Å². The average Bonchev–Trinajstić information content (AvgIpc) is 2.62. The Kier molecular flexibility index (Phi) is 4.06. The van der Waals surface area contributed by atoms with E-state index >= 15 is 0 Å². The van der Waals surface area contributed by atoms with Crippen LogP contribution >= 0.6 is 0 Å². The SMILES string of the molecule is O=C1CCCN(C(=O)c2cccc(C(F)(F)F)n2)CC1. The van der Waals surface area contributed by atoms with Gasteiger partial charge >= 0.3 is 6.18 Å². The molecule has 1 aromatic heterocycles. The Hall–Kier alpha value is -1.92. The van der Waals surface area contributed by atoms with E-state index in [4.69, 9.17) is 0 Å². The van der Waals surface area contributed by atoms with E-state index in [-0.39, 0.29) is 24.4 Å². The fourth-order valence-electron chi connectivity index (χ4n) is 2.04. The van der Waals surface area contributed by atoms with E-state index in [1.807, 2.05) is 0 Å². The minimum absolute atomic E-state index is 0.0669. The van der Waals surface area contributed by atoms with Gasteiger partial charge in [-0.3, -0.25) is 9.59 Å². The van der Waals surface area contributed by atoms with Crippen molar-refractivity contribution < 1.29 is 22.8 Å². The first kappa shape index (κ1) is 14.5. The predicted molar refractivity (Wildman–Crippen MR) is 64.0 cm³/mol. The molecule has 2 heterocycles. The Morgan fingerprint density at radius 3 is 2.65 bits per heavy atom. The molecular weight excluding hydrogens is 273 g/mol. The average molecular weight is 286 g/mol. The maximum absolute atomic E-state index is 12.6. The van der Waals surface area contributed by atoms with Gasteiger partial charge in [-0.05, 0) is 18.6 Å². The highest BCUT2D eigenvalue weighted by Crippen LogP contribution is 2.27. The Morgan fingerprint density at radius 1 is 1.20 bits per heavy atom. The largest absolute Gasteiger partial charge is 0.433 e. The number of ketones is 1. The van der Waals surface area contributed by atoms with E-state index in [0.717, 1.165) is 12.1 Å². The highest BCUT2D eigenvalue weighted by atomic mass is 19.4. The number of amides is 1. The molecule has 7 heteroatoms. The molecule has 0 bridgehead atoms. The molecule has 0 aliphatic carbocycles. The molecule has 1 saturated heterocycles. The van der Waals surface area contributed by atoms with Gasteiger partial charge in [0.15, 0.2) is 0 Å². The summed E-state index contributed by atoms with van der Waals surface area (Å²) in [6, 6.07) is 3.24. The van der Waals surface area contributed by atoms with Crippen LogP contribution in [0.4, 0.5) is 13.2 Å². The summed E-state index contributed by atoms with van der Waals surface area (Å²) in [7, 11) is 0. The van der Waals surface area contributed by atoms with Gasteiger partial charge in [0.2, 0.25) is 0 Å². The molecule has 4 nitrogen and oxygen atoms in total.